The second-order valence-corrected chi connectivity index (χ2v) is 9.26. The molecule has 0 saturated heterocycles. The standard InChI is InChI=1S/C20H27N3O3S/c1-15(16-9-12-21-13-10-16)23-19(24)11-14-22-27(25,26)18-7-5-17(6-8-18)20(2,3)4/h5-10,12-13,15,22H,11,14H2,1-4H3,(H,23,24). The quantitative estimate of drug-likeness (QED) is 0.762. The van der Waals surface area contributed by atoms with Gasteiger partial charge in [0.05, 0.1) is 10.9 Å². The first-order valence-electron chi connectivity index (χ1n) is 8.89. The maximum atomic E-state index is 12.4. The number of hydrogen-bond donors (Lipinski definition) is 2. The second kappa shape index (κ2) is 8.63. The molecule has 0 aliphatic rings. The Bertz CT molecular complexity index is 858. The van der Waals surface area contributed by atoms with Crippen LogP contribution in [-0.4, -0.2) is 25.9 Å². The van der Waals surface area contributed by atoms with Gasteiger partial charge in [-0.25, -0.2) is 13.1 Å². The zero-order valence-corrected chi connectivity index (χ0v) is 17.0. The molecule has 1 heterocycles. The Morgan fingerprint density at radius 3 is 2.22 bits per heavy atom. The molecule has 2 N–H and O–H groups in total. The summed E-state index contributed by atoms with van der Waals surface area (Å²) >= 11 is 0. The molecule has 146 valence electrons. The summed E-state index contributed by atoms with van der Waals surface area (Å²) in [7, 11) is -3.64. The number of rotatable bonds is 7. The van der Waals surface area contributed by atoms with Crippen LogP contribution in [0.1, 0.15) is 51.3 Å². The molecule has 0 aliphatic carbocycles. The van der Waals surface area contributed by atoms with E-state index < -0.39 is 10.0 Å². The predicted molar refractivity (Wildman–Crippen MR) is 106 cm³/mol. The molecule has 6 nitrogen and oxygen atoms in total. The van der Waals surface area contributed by atoms with E-state index in [-0.39, 0.29) is 35.2 Å². The molecule has 0 radical (unpaired) electrons. The van der Waals surface area contributed by atoms with Gasteiger partial charge in [-0.1, -0.05) is 32.9 Å². The molecular weight excluding hydrogens is 362 g/mol. The van der Waals surface area contributed by atoms with Crippen LogP contribution in [0.15, 0.2) is 53.7 Å². The van der Waals surface area contributed by atoms with E-state index in [4.69, 9.17) is 0 Å². The van der Waals surface area contributed by atoms with Crippen molar-refractivity contribution in [3.8, 4) is 0 Å². The van der Waals surface area contributed by atoms with Crippen molar-refractivity contribution in [1.82, 2.24) is 15.0 Å². The van der Waals surface area contributed by atoms with Crippen LogP contribution in [0.25, 0.3) is 0 Å². The highest BCUT2D eigenvalue weighted by molar-refractivity contribution is 7.89. The summed E-state index contributed by atoms with van der Waals surface area (Å²) in [5.74, 6) is -0.218. The summed E-state index contributed by atoms with van der Waals surface area (Å²) in [5.41, 5.74) is 1.96. The largest absolute Gasteiger partial charge is 0.350 e. The van der Waals surface area contributed by atoms with E-state index in [0.29, 0.717) is 0 Å². The van der Waals surface area contributed by atoms with Crippen molar-refractivity contribution < 1.29 is 13.2 Å². The Labute approximate surface area is 161 Å². The average molecular weight is 390 g/mol. The number of nitrogens with one attached hydrogen (secondary N) is 2. The maximum absolute atomic E-state index is 12.4. The molecule has 1 aromatic heterocycles. The topological polar surface area (TPSA) is 88.2 Å². The molecule has 1 aromatic carbocycles. The molecule has 0 aliphatic heterocycles. The third kappa shape index (κ3) is 6.15. The van der Waals surface area contributed by atoms with Crippen molar-refractivity contribution in [3.05, 3.63) is 59.9 Å². The van der Waals surface area contributed by atoms with Crippen LogP contribution in [0.4, 0.5) is 0 Å². The second-order valence-electron chi connectivity index (χ2n) is 7.49. The average Bonchev–Trinajstić information content (AvgIpc) is 2.61. The van der Waals surface area contributed by atoms with Crippen molar-refractivity contribution in [1.29, 1.82) is 0 Å². The van der Waals surface area contributed by atoms with E-state index in [2.05, 4.69) is 35.8 Å². The van der Waals surface area contributed by atoms with E-state index >= 15 is 0 Å². The van der Waals surface area contributed by atoms with Gasteiger partial charge in [-0.3, -0.25) is 9.78 Å². The van der Waals surface area contributed by atoms with E-state index in [0.717, 1.165) is 11.1 Å². The number of sulfonamides is 1. The summed E-state index contributed by atoms with van der Waals surface area (Å²) in [5, 5.41) is 2.84. The maximum Gasteiger partial charge on any atom is 0.240 e. The van der Waals surface area contributed by atoms with Crippen LogP contribution in [0.3, 0.4) is 0 Å². The summed E-state index contributed by atoms with van der Waals surface area (Å²) in [4.78, 5) is 16.2. The molecule has 0 spiro atoms. The monoisotopic (exact) mass is 389 g/mol. The highest BCUT2D eigenvalue weighted by Gasteiger charge is 2.18. The lowest BCUT2D eigenvalue weighted by molar-refractivity contribution is -0.121. The predicted octanol–water partition coefficient (Wildman–Crippen LogP) is 2.92. The van der Waals surface area contributed by atoms with Gasteiger partial charge in [0.25, 0.3) is 0 Å². The summed E-state index contributed by atoms with van der Waals surface area (Å²) in [6.45, 7) is 8.12. The summed E-state index contributed by atoms with van der Waals surface area (Å²) in [6, 6.07) is 10.3. The lowest BCUT2D eigenvalue weighted by atomic mass is 9.87. The third-order valence-corrected chi connectivity index (χ3v) is 5.74. The normalized spacial score (nSPS) is 13.2. The Balaban J connectivity index is 1.87. The van der Waals surface area contributed by atoms with Crippen LogP contribution in [0.2, 0.25) is 0 Å². The minimum absolute atomic E-state index is 0.0399. The highest BCUT2D eigenvalue weighted by atomic mass is 32.2. The van der Waals surface area contributed by atoms with Crippen LogP contribution < -0.4 is 10.0 Å². The molecule has 0 bridgehead atoms. The number of pyridine rings is 1. The van der Waals surface area contributed by atoms with Gasteiger partial charge >= 0.3 is 0 Å². The zero-order chi connectivity index (χ0) is 20.1. The Morgan fingerprint density at radius 2 is 1.67 bits per heavy atom. The van der Waals surface area contributed by atoms with Gasteiger partial charge in [0.15, 0.2) is 0 Å². The van der Waals surface area contributed by atoms with Crippen LogP contribution in [0, 0.1) is 0 Å². The van der Waals surface area contributed by atoms with Gasteiger partial charge < -0.3 is 5.32 Å². The first-order chi connectivity index (χ1) is 12.6. The molecule has 1 atom stereocenters. The van der Waals surface area contributed by atoms with Crippen molar-refractivity contribution in [3.63, 3.8) is 0 Å². The van der Waals surface area contributed by atoms with Crippen LogP contribution >= 0.6 is 0 Å². The van der Waals surface area contributed by atoms with E-state index in [1.54, 1.807) is 24.5 Å². The van der Waals surface area contributed by atoms with E-state index in [1.165, 1.54) is 0 Å². The number of amides is 1. The molecule has 2 rings (SSSR count). The fraction of sp³-hybridized carbons (Fsp3) is 0.400. The Kier molecular flexibility index (Phi) is 6.73. The van der Waals surface area contributed by atoms with Crippen molar-refractivity contribution in [2.45, 2.75) is 50.5 Å². The minimum atomic E-state index is -3.64. The molecular formula is C20H27N3O3S. The SMILES string of the molecule is CC(NC(=O)CCNS(=O)(=O)c1ccc(C(C)(C)C)cc1)c1ccncc1. The summed E-state index contributed by atoms with van der Waals surface area (Å²) in [6.07, 6.45) is 3.39. The van der Waals surface area contributed by atoms with Crippen molar-refractivity contribution >= 4 is 15.9 Å². The zero-order valence-electron chi connectivity index (χ0n) is 16.2. The smallest absolute Gasteiger partial charge is 0.240 e. The van der Waals surface area contributed by atoms with E-state index in [1.807, 2.05) is 31.2 Å². The van der Waals surface area contributed by atoms with Gasteiger partial charge in [0.1, 0.15) is 0 Å². The number of benzene rings is 1. The van der Waals surface area contributed by atoms with Gasteiger partial charge in [-0.05, 0) is 47.7 Å². The number of aromatic nitrogens is 1. The molecule has 1 amide bonds. The van der Waals surface area contributed by atoms with Gasteiger partial charge in [0.2, 0.25) is 15.9 Å². The van der Waals surface area contributed by atoms with Crippen LogP contribution in [-0.2, 0) is 20.2 Å². The summed E-state index contributed by atoms with van der Waals surface area (Å²) < 4.78 is 27.2. The number of nitrogens with zero attached hydrogens (tertiary/aromatic N) is 1. The van der Waals surface area contributed by atoms with Crippen molar-refractivity contribution in [2.24, 2.45) is 0 Å². The van der Waals surface area contributed by atoms with Gasteiger partial charge in [-0.2, -0.15) is 0 Å². The van der Waals surface area contributed by atoms with Crippen LogP contribution in [0.5, 0.6) is 0 Å². The lowest BCUT2D eigenvalue weighted by Crippen LogP contribution is -2.32. The Hall–Kier alpha value is -2.25. The minimum Gasteiger partial charge on any atom is -0.350 e. The fourth-order valence-electron chi connectivity index (χ4n) is 2.57. The van der Waals surface area contributed by atoms with Gasteiger partial charge in [-0.15, -0.1) is 0 Å². The number of carbonyl (C=O) groups is 1. The first-order valence-corrected chi connectivity index (χ1v) is 10.4. The third-order valence-electron chi connectivity index (χ3n) is 4.26. The fourth-order valence-corrected chi connectivity index (χ4v) is 3.60. The molecule has 7 heteroatoms. The highest BCUT2D eigenvalue weighted by Crippen LogP contribution is 2.23. The molecule has 0 saturated carbocycles. The first kappa shape index (κ1) is 21.1. The Morgan fingerprint density at radius 1 is 1.07 bits per heavy atom. The molecule has 2 aromatic rings. The number of hydrogen-bond acceptors (Lipinski definition) is 4. The van der Waals surface area contributed by atoms with Gasteiger partial charge in [0, 0.05) is 25.4 Å². The molecule has 27 heavy (non-hydrogen) atoms. The molecule has 1 unspecified atom stereocenters. The number of carbonyl (C=O) groups excluding carboxylic acids is 1. The molecule has 0 fully saturated rings. The van der Waals surface area contributed by atoms with Crippen molar-refractivity contribution in [2.75, 3.05) is 6.54 Å². The van der Waals surface area contributed by atoms with E-state index in [9.17, 15) is 13.2 Å². The lowest BCUT2D eigenvalue weighted by Gasteiger charge is -2.19.